The second-order valence-corrected chi connectivity index (χ2v) is 6.17. The topological polar surface area (TPSA) is 85.0 Å². The molecule has 1 aromatic carbocycles. The Morgan fingerprint density at radius 3 is 2.76 bits per heavy atom. The number of nitrogens with zero attached hydrogens (tertiary/aromatic N) is 2. The van der Waals surface area contributed by atoms with E-state index in [-0.39, 0.29) is 6.61 Å². The van der Waals surface area contributed by atoms with Crippen LogP contribution in [0.3, 0.4) is 0 Å². The van der Waals surface area contributed by atoms with Crippen molar-refractivity contribution in [2.45, 2.75) is 24.9 Å². The van der Waals surface area contributed by atoms with Crippen LogP contribution in [0.25, 0.3) is 11.5 Å². The van der Waals surface area contributed by atoms with Gasteiger partial charge in [-0.2, -0.15) is 0 Å². The van der Waals surface area contributed by atoms with Crippen molar-refractivity contribution in [3.63, 3.8) is 0 Å². The lowest BCUT2D eigenvalue weighted by atomic mass is 9.97. The maximum Gasteiger partial charge on any atom is 0.326 e. The molecule has 1 atom stereocenters. The average molecular weight is 346 g/mol. The van der Waals surface area contributed by atoms with E-state index in [0.29, 0.717) is 31.1 Å². The number of oxazole rings is 1. The minimum atomic E-state index is -0.992. The van der Waals surface area contributed by atoms with Crippen molar-refractivity contribution in [3.8, 4) is 17.2 Å². The molecule has 1 N–H and O–H groups in total. The average Bonchev–Trinajstić information content (AvgIpc) is 3.24. The molecule has 7 heteroatoms. The van der Waals surface area contributed by atoms with E-state index in [1.54, 1.807) is 13.4 Å². The molecule has 1 saturated heterocycles. The Bertz CT molecular complexity index is 727. The summed E-state index contributed by atoms with van der Waals surface area (Å²) < 4.78 is 15.9. The minimum Gasteiger partial charge on any atom is -0.497 e. The molecule has 0 aliphatic carbocycles. The molecule has 0 spiro atoms. The van der Waals surface area contributed by atoms with Crippen LogP contribution in [0.5, 0.6) is 5.75 Å². The van der Waals surface area contributed by atoms with E-state index >= 15 is 0 Å². The largest absolute Gasteiger partial charge is 0.497 e. The Morgan fingerprint density at radius 1 is 1.36 bits per heavy atom. The number of aromatic nitrogens is 1. The molecule has 134 valence electrons. The molecule has 1 aromatic heterocycles. The Kier molecular flexibility index (Phi) is 5.06. The van der Waals surface area contributed by atoms with Crippen molar-refractivity contribution in [2.24, 2.45) is 0 Å². The van der Waals surface area contributed by atoms with Crippen LogP contribution in [0, 0.1) is 0 Å². The quantitative estimate of drug-likeness (QED) is 0.824. The maximum atomic E-state index is 11.8. The summed E-state index contributed by atoms with van der Waals surface area (Å²) >= 11 is 0. The summed E-state index contributed by atoms with van der Waals surface area (Å²) in [5, 5.41) is 9.70. The molecule has 1 fully saturated rings. The zero-order chi connectivity index (χ0) is 17.9. The van der Waals surface area contributed by atoms with Gasteiger partial charge in [-0.1, -0.05) is 0 Å². The lowest BCUT2D eigenvalue weighted by Gasteiger charge is -2.33. The number of rotatable bonds is 7. The molecule has 3 rings (SSSR count). The van der Waals surface area contributed by atoms with Gasteiger partial charge in [0.1, 0.15) is 17.6 Å². The van der Waals surface area contributed by atoms with E-state index in [1.165, 1.54) is 7.11 Å². The Balaban J connectivity index is 1.77. The standard InChI is InChI=1S/C18H22N2O5/c1-23-12-18(17(21)22)8-3-9-20(18)10-14-11-25-16(19-14)13-4-6-15(24-2)7-5-13/h4-7,11H,3,8-10,12H2,1-2H3,(H,21,22). The first kappa shape index (κ1) is 17.4. The molecule has 2 heterocycles. The summed E-state index contributed by atoms with van der Waals surface area (Å²) in [6.07, 6.45) is 2.97. The molecule has 2 aromatic rings. The van der Waals surface area contributed by atoms with Crippen molar-refractivity contribution in [3.05, 3.63) is 36.2 Å². The fourth-order valence-corrected chi connectivity index (χ4v) is 3.31. The molecule has 0 bridgehead atoms. The van der Waals surface area contributed by atoms with Gasteiger partial charge in [-0.05, 0) is 43.7 Å². The van der Waals surface area contributed by atoms with Crippen LogP contribution in [0.1, 0.15) is 18.5 Å². The summed E-state index contributed by atoms with van der Waals surface area (Å²) in [5.41, 5.74) is 0.554. The lowest BCUT2D eigenvalue weighted by molar-refractivity contribution is -0.153. The smallest absolute Gasteiger partial charge is 0.326 e. The van der Waals surface area contributed by atoms with Crippen LogP contribution >= 0.6 is 0 Å². The summed E-state index contributed by atoms with van der Waals surface area (Å²) in [7, 11) is 3.14. The maximum absolute atomic E-state index is 11.8. The number of hydrogen-bond donors (Lipinski definition) is 1. The number of benzene rings is 1. The molecule has 0 radical (unpaired) electrons. The molecule has 1 aliphatic rings. The summed E-state index contributed by atoms with van der Waals surface area (Å²) in [6.45, 7) is 1.27. The summed E-state index contributed by atoms with van der Waals surface area (Å²) in [4.78, 5) is 18.2. The van der Waals surface area contributed by atoms with Crippen LogP contribution < -0.4 is 4.74 Å². The van der Waals surface area contributed by atoms with Gasteiger partial charge in [-0.3, -0.25) is 9.69 Å². The first-order valence-electron chi connectivity index (χ1n) is 8.15. The van der Waals surface area contributed by atoms with Crippen molar-refractivity contribution in [1.29, 1.82) is 0 Å². The zero-order valence-corrected chi connectivity index (χ0v) is 14.4. The van der Waals surface area contributed by atoms with E-state index in [4.69, 9.17) is 13.9 Å². The number of aliphatic carboxylic acids is 1. The van der Waals surface area contributed by atoms with Gasteiger partial charge < -0.3 is 19.0 Å². The Morgan fingerprint density at radius 2 is 2.12 bits per heavy atom. The Hall–Kier alpha value is -2.38. The SMILES string of the molecule is COCC1(C(=O)O)CCCN1Cc1coc(-c2ccc(OC)cc2)n1. The molecule has 1 aliphatic heterocycles. The third-order valence-corrected chi connectivity index (χ3v) is 4.65. The molecule has 0 amide bonds. The molecular formula is C18H22N2O5. The van der Waals surface area contributed by atoms with Crippen molar-refractivity contribution < 1.29 is 23.8 Å². The monoisotopic (exact) mass is 346 g/mol. The highest BCUT2D eigenvalue weighted by Crippen LogP contribution is 2.32. The molecule has 25 heavy (non-hydrogen) atoms. The number of carboxylic acids is 1. The minimum absolute atomic E-state index is 0.158. The second kappa shape index (κ2) is 7.25. The fraction of sp³-hybridized carbons (Fsp3) is 0.444. The van der Waals surface area contributed by atoms with Crippen molar-refractivity contribution in [1.82, 2.24) is 9.88 Å². The highest BCUT2D eigenvalue weighted by atomic mass is 16.5. The molecule has 1 unspecified atom stereocenters. The highest BCUT2D eigenvalue weighted by Gasteiger charge is 2.48. The van der Waals surface area contributed by atoms with E-state index < -0.39 is 11.5 Å². The van der Waals surface area contributed by atoms with Gasteiger partial charge in [-0.15, -0.1) is 0 Å². The van der Waals surface area contributed by atoms with Gasteiger partial charge in [0.15, 0.2) is 0 Å². The third-order valence-electron chi connectivity index (χ3n) is 4.65. The lowest BCUT2D eigenvalue weighted by Crippen LogP contribution is -2.53. The van der Waals surface area contributed by atoms with Crippen LogP contribution in [0.15, 0.2) is 34.9 Å². The van der Waals surface area contributed by atoms with Gasteiger partial charge in [0, 0.05) is 19.2 Å². The van der Waals surface area contributed by atoms with E-state index in [9.17, 15) is 9.90 Å². The van der Waals surface area contributed by atoms with E-state index in [1.807, 2.05) is 29.2 Å². The van der Waals surface area contributed by atoms with Gasteiger partial charge >= 0.3 is 5.97 Å². The number of methoxy groups -OCH3 is 2. The van der Waals surface area contributed by atoms with Gasteiger partial charge in [0.05, 0.1) is 19.4 Å². The highest BCUT2D eigenvalue weighted by molar-refractivity contribution is 5.79. The van der Waals surface area contributed by atoms with Crippen molar-refractivity contribution >= 4 is 5.97 Å². The zero-order valence-electron chi connectivity index (χ0n) is 14.4. The van der Waals surface area contributed by atoms with E-state index in [2.05, 4.69) is 4.98 Å². The first-order valence-corrected chi connectivity index (χ1v) is 8.15. The van der Waals surface area contributed by atoms with Crippen LogP contribution in [0.4, 0.5) is 0 Å². The second-order valence-electron chi connectivity index (χ2n) is 6.17. The summed E-state index contributed by atoms with van der Waals surface area (Å²) in [5.74, 6) is 0.411. The number of ether oxygens (including phenoxy) is 2. The van der Waals surface area contributed by atoms with Gasteiger partial charge in [0.2, 0.25) is 5.89 Å². The van der Waals surface area contributed by atoms with Crippen molar-refractivity contribution in [2.75, 3.05) is 27.4 Å². The van der Waals surface area contributed by atoms with Gasteiger partial charge in [0.25, 0.3) is 0 Å². The number of likely N-dealkylation sites (tertiary alicyclic amines) is 1. The normalized spacial score (nSPS) is 20.7. The summed E-state index contributed by atoms with van der Waals surface area (Å²) in [6, 6.07) is 7.43. The number of hydrogen-bond acceptors (Lipinski definition) is 6. The molecular weight excluding hydrogens is 324 g/mol. The van der Waals surface area contributed by atoms with E-state index in [0.717, 1.165) is 17.7 Å². The third kappa shape index (κ3) is 3.38. The number of carboxylic acid groups (broad SMARTS) is 1. The molecule has 0 saturated carbocycles. The van der Waals surface area contributed by atoms with Crippen LogP contribution in [-0.2, 0) is 16.1 Å². The fourth-order valence-electron chi connectivity index (χ4n) is 3.31. The number of carbonyl (C=O) groups is 1. The molecule has 7 nitrogen and oxygen atoms in total. The first-order chi connectivity index (χ1) is 12.1. The van der Waals surface area contributed by atoms with Gasteiger partial charge in [-0.25, -0.2) is 4.98 Å². The van der Waals surface area contributed by atoms with Crippen LogP contribution in [-0.4, -0.2) is 53.9 Å². The van der Waals surface area contributed by atoms with Crippen LogP contribution in [0.2, 0.25) is 0 Å². The predicted molar refractivity (Wildman–Crippen MR) is 90.4 cm³/mol. The predicted octanol–water partition coefficient (Wildman–Crippen LogP) is 2.42. The Labute approximate surface area is 146 Å².